The number of hydrogen-bond donors (Lipinski definition) is 2. The van der Waals surface area contributed by atoms with Crippen LogP contribution >= 0.6 is 11.6 Å². The summed E-state index contributed by atoms with van der Waals surface area (Å²) in [5.74, 6) is 1.16. The van der Waals surface area contributed by atoms with Gasteiger partial charge in [-0.3, -0.25) is 0 Å². The van der Waals surface area contributed by atoms with E-state index in [-0.39, 0.29) is 5.88 Å². The number of aryl methyl sites for hydroxylation is 1. The second-order valence-corrected chi connectivity index (χ2v) is 5.56. The maximum atomic E-state index is 9.52. The number of fused-ring (bicyclic) bond motifs is 1. The molecule has 0 fully saturated rings. The Morgan fingerprint density at radius 3 is 2.73 bits per heavy atom. The highest BCUT2D eigenvalue weighted by atomic mass is 35.5. The minimum atomic E-state index is -0.555. The molecule has 0 saturated heterocycles. The molecule has 0 aliphatic carbocycles. The Morgan fingerprint density at radius 2 is 2.00 bits per heavy atom. The first kappa shape index (κ1) is 14.9. The van der Waals surface area contributed by atoms with Crippen LogP contribution in [0.1, 0.15) is 0 Å². The molecule has 0 radical (unpaired) electrons. The van der Waals surface area contributed by atoms with E-state index in [1.165, 1.54) is 0 Å². The van der Waals surface area contributed by atoms with Crippen molar-refractivity contribution in [3.63, 3.8) is 0 Å². The van der Waals surface area contributed by atoms with E-state index in [0.29, 0.717) is 6.54 Å². The zero-order valence-electron chi connectivity index (χ0n) is 12.3. The van der Waals surface area contributed by atoms with Crippen molar-refractivity contribution in [2.75, 3.05) is 17.7 Å². The Bertz CT molecular complexity index is 770. The Balaban J connectivity index is 1.93. The van der Waals surface area contributed by atoms with Crippen LogP contribution in [0, 0.1) is 0 Å². The van der Waals surface area contributed by atoms with Crippen molar-refractivity contribution in [2.45, 2.75) is 6.10 Å². The van der Waals surface area contributed by atoms with E-state index in [4.69, 9.17) is 16.6 Å². The average molecular weight is 316 g/mol. The van der Waals surface area contributed by atoms with Gasteiger partial charge in [-0.2, -0.15) is 0 Å². The van der Waals surface area contributed by atoms with Gasteiger partial charge in [-0.15, -0.1) is 11.6 Å². The Kier molecular flexibility index (Phi) is 4.32. The predicted octanol–water partition coefficient (Wildman–Crippen LogP) is 3.25. The monoisotopic (exact) mass is 315 g/mol. The molecular weight excluding hydrogens is 298 g/mol. The van der Waals surface area contributed by atoms with Gasteiger partial charge in [0.25, 0.3) is 0 Å². The first-order valence-electron chi connectivity index (χ1n) is 7.19. The van der Waals surface area contributed by atoms with Crippen LogP contribution in [0.5, 0.6) is 0 Å². The second kappa shape index (κ2) is 6.38. The number of nitrogens with zero attached hydrogens (tertiary/aromatic N) is 2. The standard InChI is InChI=1S/C17H18ClN3O/c1-21-16-8-7-13(19-11-14(22)10-18)9-15(16)20-17(21)12-5-3-2-4-6-12/h2-9,14,19,22H,10-11H2,1H3. The second-order valence-electron chi connectivity index (χ2n) is 5.25. The SMILES string of the molecule is Cn1c(-c2ccccc2)nc2cc(NCC(O)CCl)ccc21. The molecule has 22 heavy (non-hydrogen) atoms. The molecule has 0 spiro atoms. The van der Waals surface area contributed by atoms with E-state index < -0.39 is 6.10 Å². The van der Waals surface area contributed by atoms with Gasteiger partial charge in [0.05, 0.1) is 23.0 Å². The van der Waals surface area contributed by atoms with Crippen LogP contribution in [-0.4, -0.2) is 33.2 Å². The Labute approximate surface area is 134 Å². The molecule has 0 aliphatic heterocycles. The molecule has 1 atom stereocenters. The molecule has 2 aromatic carbocycles. The van der Waals surface area contributed by atoms with E-state index in [2.05, 4.69) is 22.0 Å². The molecule has 0 amide bonds. The molecule has 1 heterocycles. The maximum Gasteiger partial charge on any atom is 0.140 e. The summed E-state index contributed by atoms with van der Waals surface area (Å²) in [5, 5.41) is 12.7. The number of nitrogens with one attached hydrogen (secondary N) is 1. The summed E-state index contributed by atoms with van der Waals surface area (Å²) in [6, 6.07) is 16.1. The van der Waals surface area contributed by atoms with Crippen LogP contribution in [0.15, 0.2) is 48.5 Å². The molecule has 3 aromatic rings. The molecule has 0 saturated carbocycles. The molecular formula is C17H18ClN3O. The maximum absolute atomic E-state index is 9.52. The molecule has 0 bridgehead atoms. The highest BCUT2D eigenvalue weighted by Crippen LogP contribution is 2.25. The average Bonchev–Trinajstić information content (AvgIpc) is 2.90. The summed E-state index contributed by atoms with van der Waals surface area (Å²) in [4.78, 5) is 4.72. The lowest BCUT2D eigenvalue weighted by Gasteiger charge is -2.09. The van der Waals surface area contributed by atoms with Gasteiger partial charge >= 0.3 is 0 Å². The molecule has 2 N–H and O–H groups in total. The van der Waals surface area contributed by atoms with Crippen molar-refractivity contribution in [3.05, 3.63) is 48.5 Å². The van der Waals surface area contributed by atoms with Crippen molar-refractivity contribution in [3.8, 4) is 11.4 Å². The first-order valence-corrected chi connectivity index (χ1v) is 7.72. The number of hydrogen-bond acceptors (Lipinski definition) is 3. The number of imidazole rings is 1. The first-order chi connectivity index (χ1) is 10.7. The third-order valence-corrected chi connectivity index (χ3v) is 3.99. The normalized spacial score (nSPS) is 12.5. The van der Waals surface area contributed by atoms with Gasteiger partial charge in [-0.25, -0.2) is 4.98 Å². The van der Waals surface area contributed by atoms with Crippen LogP contribution in [0.3, 0.4) is 0 Å². The van der Waals surface area contributed by atoms with Crippen LogP contribution in [0.2, 0.25) is 0 Å². The molecule has 1 aromatic heterocycles. The topological polar surface area (TPSA) is 50.1 Å². The highest BCUT2D eigenvalue weighted by Gasteiger charge is 2.10. The quantitative estimate of drug-likeness (QED) is 0.711. The minimum Gasteiger partial charge on any atom is -0.390 e. The Hall–Kier alpha value is -2.04. The highest BCUT2D eigenvalue weighted by molar-refractivity contribution is 6.18. The number of rotatable bonds is 5. The van der Waals surface area contributed by atoms with Gasteiger partial charge < -0.3 is 15.0 Å². The lowest BCUT2D eigenvalue weighted by Crippen LogP contribution is -2.20. The number of aliphatic hydroxyl groups excluding tert-OH is 1. The molecule has 114 valence electrons. The van der Waals surface area contributed by atoms with Gasteiger partial charge in [0, 0.05) is 24.8 Å². The number of aliphatic hydroxyl groups is 1. The number of aromatic nitrogens is 2. The molecule has 1 unspecified atom stereocenters. The van der Waals surface area contributed by atoms with Crippen LogP contribution in [0.25, 0.3) is 22.4 Å². The molecule has 4 nitrogen and oxygen atoms in total. The summed E-state index contributed by atoms with van der Waals surface area (Å²) in [7, 11) is 2.02. The molecule has 5 heteroatoms. The third-order valence-electron chi connectivity index (χ3n) is 3.63. The zero-order chi connectivity index (χ0) is 15.5. The van der Waals surface area contributed by atoms with Gasteiger partial charge in [0.2, 0.25) is 0 Å². The lowest BCUT2D eigenvalue weighted by atomic mass is 10.2. The predicted molar refractivity (Wildman–Crippen MR) is 91.4 cm³/mol. The summed E-state index contributed by atoms with van der Waals surface area (Å²) < 4.78 is 2.09. The summed E-state index contributed by atoms with van der Waals surface area (Å²) in [6.45, 7) is 0.424. The van der Waals surface area contributed by atoms with E-state index in [0.717, 1.165) is 28.1 Å². The fourth-order valence-electron chi connectivity index (χ4n) is 2.45. The van der Waals surface area contributed by atoms with Gasteiger partial charge in [-0.05, 0) is 18.2 Å². The van der Waals surface area contributed by atoms with Crippen molar-refractivity contribution in [1.29, 1.82) is 0 Å². The fourth-order valence-corrected chi connectivity index (χ4v) is 2.55. The number of anilines is 1. The van der Waals surface area contributed by atoms with E-state index in [1.807, 2.05) is 43.4 Å². The smallest absolute Gasteiger partial charge is 0.140 e. The summed E-state index contributed by atoms with van der Waals surface area (Å²) >= 11 is 5.60. The number of alkyl halides is 1. The van der Waals surface area contributed by atoms with Crippen molar-refractivity contribution >= 4 is 28.3 Å². The molecule has 3 rings (SSSR count). The van der Waals surface area contributed by atoms with E-state index >= 15 is 0 Å². The van der Waals surface area contributed by atoms with Crippen molar-refractivity contribution in [1.82, 2.24) is 9.55 Å². The largest absolute Gasteiger partial charge is 0.390 e. The molecule has 0 aliphatic rings. The van der Waals surface area contributed by atoms with Gasteiger partial charge in [-0.1, -0.05) is 30.3 Å². The van der Waals surface area contributed by atoms with Crippen LogP contribution in [-0.2, 0) is 7.05 Å². The number of benzene rings is 2. The van der Waals surface area contributed by atoms with E-state index in [9.17, 15) is 5.11 Å². The van der Waals surface area contributed by atoms with Crippen LogP contribution in [0.4, 0.5) is 5.69 Å². The Morgan fingerprint density at radius 1 is 1.23 bits per heavy atom. The summed E-state index contributed by atoms with van der Waals surface area (Å²) in [5.41, 5.74) is 4.01. The number of halogens is 1. The van der Waals surface area contributed by atoms with Crippen molar-refractivity contribution in [2.24, 2.45) is 7.05 Å². The summed E-state index contributed by atoms with van der Waals surface area (Å²) in [6.07, 6.45) is -0.555. The van der Waals surface area contributed by atoms with Crippen molar-refractivity contribution < 1.29 is 5.11 Å². The zero-order valence-corrected chi connectivity index (χ0v) is 13.1. The third kappa shape index (κ3) is 2.93. The van der Waals surface area contributed by atoms with Crippen LogP contribution < -0.4 is 5.32 Å². The van der Waals surface area contributed by atoms with E-state index in [1.54, 1.807) is 0 Å². The van der Waals surface area contributed by atoms with Gasteiger partial charge in [0.15, 0.2) is 0 Å². The minimum absolute atomic E-state index is 0.219. The fraction of sp³-hybridized carbons (Fsp3) is 0.235. The van der Waals surface area contributed by atoms with Gasteiger partial charge in [0.1, 0.15) is 5.82 Å². The lowest BCUT2D eigenvalue weighted by molar-refractivity contribution is 0.211.